The number of rotatable bonds is 6. The average molecular weight is 301 g/mol. The van der Waals surface area contributed by atoms with Gasteiger partial charge in [0.05, 0.1) is 0 Å². The van der Waals surface area contributed by atoms with Gasteiger partial charge in [-0.1, -0.05) is 25.1 Å². The van der Waals surface area contributed by atoms with E-state index in [1.165, 1.54) is 5.56 Å². The Kier molecular flexibility index (Phi) is 5.69. The van der Waals surface area contributed by atoms with Crippen molar-refractivity contribution in [2.24, 2.45) is 0 Å². The van der Waals surface area contributed by atoms with Crippen molar-refractivity contribution in [1.82, 2.24) is 0 Å². The van der Waals surface area contributed by atoms with Crippen molar-refractivity contribution in [1.29, 1.82) is 0 Å². The van der Waals surface area contributed by atoms with Crippen molar-refractivity contribution >= 4 is 23.4 Å². The first-order chi connectivity index (χ1) is 10.2. The molecule has 0 saturated carbocycles. The summed E-state index contributed by atoms with van der Waals surface area (Å²) in [6.45, 7) is 2.10. The van der Waals surface area contributed by atoms with E-state index in [1.807, 2.05) is 54.8 Å². The number of thioether (sulfide) groups is 1. The van der Waals surface area contributed by atoms with Crippen LogP contribution in [0.15, 0.2) is 53.4 Å². The van der Waals surface area contributed by atoms with Crippen LogP contribution in [0, 0.1) is 0 Å². The SMILES string of the molecule is CCc1cccc(OCC(=O)Nc2cccc(SC)c2)c1. The third-order valence-corrected chi connectivity index (χ3v) is 3.76. The van der Waals surface area contributed by atoms with Crippen LogP contribution in [-0.2, 0) is 11.2 Å². The number of amides is 1. The number of carbonyl (C=O) groups is 1. The highest BCUT2D eigenvalue weighted by Gasteiger charge is 2.04. The normalized spacial score (nSPS) is 10.2. The van der Waals surface area contributed by atoms with E-state index in [9.17, 15) is 4.79 Å². The van der Waals surface area contributed by atoms with E-state index >= 15 is 0 Å². The molecule has 1 amide bonds. The lowest BCUT2D eigenvalue weighted by Gasteiger charge is -2.09. The topological polar surface area (TPSA) is 38.3 Å². The van der Waals surface area contributed by atoms with Crippen LogP contribution >= 0.6 is 11.8 Å². The van der Waals surface area contributed by atoms with Crippen molar-refractivity contribution < 1.29 is 9.53 Å². The van der Waals surface area contributed by atoms with Gasteiger partial charge in [0.25, 0.3) is 5.91 Å². The van der Waals surface area contributed by atoms with Crippen molar-refractivity contribution in [3.63, 3.8) is 0 Å². The van der Waals surface area contributed by atoms with Crippen molar-refractivity contribution in [2.45, 2.75) is 18.2 Å². The van der Waals surface area contributed by atoms with E-state index in [0.717, 1.165) is 22.8 Å². The lowest BCUT2D eigenvalue weighted by Crippen LogP contribution is -2.20. The predicted octanol–water partition coefficient (Wildman–Crippen LogP) is 3.99. The number of carbonyl (C=O) groups excluding carboxylic acids is 1. The Labute approximate surface area is 129 Å². The van der Waals surface area contributed by atoms with Gasteiger partial charge in [0, 0.05) is 10.6 Å². The van der Waals surface area contributed by atoms with E-state index in [-0.39, 0.29) is 12.5 Å². The lowest BCUT2D eigenvalue weighted by molar-refractivity contribution is -0.118. The molecule has 0 unspecified atom stereocenters. The third kappa shape index (κ3) is 4.83. The fraction of sp³-hybridized carbons (Fsp3) is 0.235. The van der Waals surface area contributed by atoms with Crippen molar-refractivity contribution in [2.75, 3.05) is 18.2 Å². The largest absolute Gasteiger partial charge is 0.484 e. The zero-order valence-corrected chi connectivity index (χ0v) is 13.1. The van der Waals surface area contributed by atoms with E-state index in [2.05, 4.69) is 12.2 Å². The van der Waals surface area contributed by atoms with Gasteiger partial charge in [0.2, 0.25) is 0 Å². The van der Waals surface area contributed by atoms with E-state index in [1.54, 1.807) is 11.8 Å². The van der Waals surface area contributed by atoms with Crippen LogP contribution in [-0.4, -0.2) is 18.8 Å². The Morgan fingerprint density at radius 1 is 1.19 bits per heavy atom. The number of hydrogen-bond acceptors (Lipinski definition) is 3. The van der Waals surface area contributed by atoms with E-state index in [0.29, 0.717) is 0 Å². The molecule has 0 fully saturated rings. The van der Waals surface area contributed by atoms with Gasteiger partial charge in [-0.15, -0.1) is 11.8 Å². The summed E-state index contributed by atoms with van der Waals surface area (Å²) < 4.78 is 5.52. The fourth-order valence-corrected chi connectivity index (χ4v) is 2.36. The first-order valence-corrected chi connectivity index (χ1v) is 8.09. The maximum absolute atomic E-state index is 11.9. The molecule has 0 aliphatic carbocycles. The summed E-state index contributed by atoms with van der Waals surface area (Å²) in [6.07, 6.45) is 2.95. The minimum Gasteiger partial charge on any atom is -0.484 e. The van der Waals surface area contributed by atoms with Gasteiger partial charge in [0.15, 0.2) is 6.61 Å². The minimum absolute atomic E-state index is 0.0106. The van der Waals surface area contributed by atoms with Gasteiger partial charge in [-0.05, 0) is 48.6 Å². The molecule has 4 heteroatoms. The van der Waals surface area contributed by atoms with Crippen LogP contribution in [0.25, 0.3) is 0 Å². The zero-order chi connectivity index (χ0) is 15.1. The van der Waals surface area contributed by atoms with Gasteiger partial charge in [-0.2, -0.15) is 0 Å². The molecule has 0 atom stereocenters. The van der Waals surface area contributed by atoms with Crippen LogP contribution in [0.4, 0.5) is 5.69 Å². The maximum atomic E-state index is 11.9. The smallest absolute Gasteiger partial charge is 0.262 e. The molecular formula is C17H19NO2S. The summed E-state index contributed by atoms with van der Waals surface area (Å²) in [4.78, 5) is 13.0. The summed E-state index contributed by atoms with van der Waals surface area (Å²) >= 11 is 1.64. The van der Waals surface area contributed by atoms with Crippen LogP contribution in [0.1, 0.15) is 12.5 Å². The summed E-state index contributed by atoms with van der Waals surface area (Å²) in [6, 6.07) is 15.5. The number of hydrogen-bond donors (Lipinski definition) is 1. The fourth-order valence-electron chi connectivity index (χ4n) is 1.90. The molecule has 2 rings (SSSR count). The number of ether oxygens (including phenoxy) is 1. The van der Waals surface area contributed by atoms with Gasteiger partial charge in [-0.3, -0.25) is 4.79 Å². The predicted molar refractivity (Wildman–Crippen MR) is 88.2 cm³/mol. The summed E-state index contributed by atoms with van der Waals surface area (Å²) in [5.74, 6) is 0.567. The van der Waals surface area contributed by atoms with Gasteiger partial charge in [-0.25, -0.2) is 0 Å². The minimum atomic E-state index is -0.157. The van der Waals surface area contributed by atoms with Gasteiger partial charge < -0.3 is 10.1 Å². The number of benzene rings is 2. The molecule has 0 aliphatic rings. The Balaban J connectivity index is 1.89. The molecule has 0 bridgehead atoms. The van der Waals surface area contributed by atoms with Crippen LogP contribution < -0.4 is 10.1 Å². The quantitative estimate of drug-likeness (QED) is 0.820. The Morgan fingerprint density at radius 2 is 2.00 bits per heavy atom. The molecule has 0 aromatic heterocycles. The molecule has 0 radical (unpaired) electrons. The Morgan fingerprint density at radius 3 is 2.76 bits per heavy atom. The van der Waals surface area contributed by atoms with Crippen LogP contribution in [0.5, 0.6) is 5.75 Å². The molecule has 110 valence electrons. The number of anilines is 1. The molecule has 2 aromatic rings. The van der Waals surface area contributed by atoms with Gasteiger partial charge in [0.1, 0.15) is 5.75 Å². The van der Waals surface area contributed by atoms with Crippen LogP contribution in [0.2, 0.25) is 0 Å². The highest BCUT2D eigenvalue weighted by Crippen LogP contribution is 2.19. The van der Waals surface area contributed by atoms with Crippen LogP contribution in [0.3, 0.4) is 0 Å². The Hall–Kier alpha value is -1.94. The first-order valence-electron chi connectivity index (χ1n) is 6.87. The first kappa shape index (κ1) is 15.4. The molecular weight excluding hydrogens is 282 g/mol. The summed E-state index contributed by atoms with van der Waals surface area (Å²) in [7, 11) is 0. The molecule has 0 heterocycles. The standard InChI is InChI=1S/C17H19NO2S/c1-3-13-6-4-8-15(10-13)20-12-17(19)18-14-7-5-9-16(11-14)21-2/h4-11H,3,12H2,1-2H3,(H,18,19). The molecule has 3 nitrogen and oxygen atoms in total. The summed E-state index contributed by atoms with van der Waals surface area (Å²) in [5.41, 5.74) is 1.98. The molecule has 0 saturated heterocycles. The molecule has 21 heavy (non-hydrogen) atoms. The maximum Gasteiger partial charge on any atom is 0.262 e. The molecule has 0 aliphatic heterocycles. The van der Waals surface area contributed by atoms with Gasteiger partial charge >= 0.3 is 0 Å². The average Bonchev–Trinajstić information content (AvgIpc) is 2.53. The van der Waals surface area contributed by atoms with E-state index < -0.39 is 0 Å². The van der Waals surface area contributed by atoms with Crippen molar-refractivity contribution in [3.8, 4) is 5.75 Å². The zero-order valence-electron chi connectivity index (χ0n) is 12.3. The summed E-state index contributed by atoms with van der Waals surface area (Å²) in [5, 5.41) is 2.84. The Bertz CT molecular complexity index is 613. The second-order valence-electron chi connectivity index (χ2n) is 4.57. The second kappa shape index (κ2) is 7.74. The number of nitrogens with one attached hydrogen (secondary N) is 1. The molecule has 0 spiro atoms. The third-order valence-electron chi connectivity index (χ3n) is 3.03. The van der Waals surface area contributed by atoms with Crippen molar-refractivity contribution in [3.05, 3.63) is 54.1 Å². The van der Waals surface area contributed by atoms with E-state index in [4.69, 9.17) is 4.74 Å². The second-order valence-corrected chi connectivity index (χ2v) is 5.45. The number of aryl methyl sites for hydroxylation is 1. The molecule has 1 N–H and O–H groups in total. The highest BCUT2D eigenvalue weighted by molar-refractivity contribution is 7.98. The lowest BCUT2D eigenvalue weighted by atomic mass is 10.2. The monoisotopic (exact) mass is 301 g/mol. The highest BCUT2D eigenvalue weighted by atomic mass is 32.2. The molecule has 2 aromatic carbocycles.